The largest absolute Gasteiger partial charge is 0.418 e. The van der Waals surface area contributed by atoms with Crippen molar-refractivity contribution in [3.05, 3.63) is 63.1 Å². The van der Waals surface area contributed by atoms with Crippen LogP contribution in [0.15, 0.2) is 35.1 Å². The molecule has 3 N–H and O–H groups in total. The van der Waals surface area contributed by atoms with Crippen LogP contribution < -0.4 is 16.6 Å². The molecule has 1 aromatic heterocycles. The molecule has 2 aromatic rings. The van der Waals surface area contributed by atoms with Crippen LogP contribution in [0.3, 0.4) is 0 Å². The maximum atomic E-state index is 13.3. The number of halogens is 3. The van der Waals surface area contributed by atoms with Crippen molar-refractivity contribution in [1.82, 2.24) is 9.88 Å². The number of aryl methyl sites for hydroxylation is 1. The summed E-state index contributed by atoms with van der Waals surface area (Å²) in [5, 5.41) is 3.20. The summed E-state index contributed by atoms with van der Waals surface area (Å²) in [7, 11) is 0. The van der Waals surface area contributed by atoms with E-state index in [1.54, 1.807) is 0 Å². The van der Waals surface area contributed by atoms with E-state index in [1.165, 1.54) is 4.57 Å². The lowest BCUT2D eigenvalue weighted by molar-refractivity contribution is -0.137. The van der Waals surface area contributed by atoms with Gasteiger partial charge in [0.15, 0.2) is 0 Å². The third-order valence-corrected chi connectivity index (χ3v) is 4.89. The van der Waals surface area contributed by atoms with Gasteiger partial charge in [-0.25, -0.2) is 0 Å². The number of nitrogens with zero attached hydrogens (tertiary/aromatic N) is 1. The Balaban J connectivity index is 2.12. The van der Waals surface area contributed by atoms with Crippen molar-refractivity contribution < 1.29 is 13.2 Å². The lowest BCUT2D eigenvalue weighted by Gasteiger charge is -2.27. The smallest absolute Gasteiger partial charge is 0.394 e. The Bertz CT molecular complexity index is 835. The van der Waals surface area contributed by atoms with Gasteiger partial charge in [-0.3, -0.25) is 4.79 Å². The minimum Gasteiger partial charge on any atom is -0.394 e. The monoisotopic (exact) mass is 365 g/mol. The van der Waals surface area contributed by atoms with E-state index >= 15 is 0 Å². The fraction of sp³-hybridized carbons (Fsp3) is 0.421. The van der Waals surface area contributed by atoms with Crippen molar-refractivity contribution in [1.29, 1.82) is 0 Å². The lowest BCUT2D eigenvalue weighted by Crippen LogP contribution is -2.34. The molecule has 0 spiro atoms. The number of hydrogen-bond acceptors (Lipinski definition) is 3. The number of piperidine rings is 1. The molecule has 0 radical (unpaired) electrons. The van der Waals surface area contributed by atoms with Crippen molar-refractivity contribution >= 4 is 5.69 Å². The highest BCUT2D eigenvalue weighted by atomic mass is 19.4. The van der Waals surface area contributed by atoms with E-state index in [0.29, 0.717) is 18.5 Å². The van der Waals surface area contributed by atoms with Gasteiger partial charge < -0.3 is 15.6 Å². The van der Waals surface area contributed by atoms with Gasteiger partial charge in [-0.2, -0.15) is 13.2 Å². The molecule has 1 aliphatic rings. The summed E-state index contributed by atoms with van der Waals surface area (Å²) in [6.45, 7) is 3.59. The average Bonchev–Trinajstić information content (AvgIpc) is 2.60. The third-order valence-electron chi connectivity index (χ3n) is 4.89. The summed E-state index contributed by atoms with van der Waals surface area (Å²) < 4.78 is 41.4. The van der Waals surface area contributed by atoms with Gasteiger partial charge in [0.05, 0.1) is 12.1 Å². The normalized spacial score (nSPS) is 16.0. The zero-order chi connectivity index (χ0) is 18.9. The Labute approximate surface area is 149 Å². The first kappa shape index (κ1) is 18.5. The van der Waals surface area contributed by atoms with E-state index in [0.717, 1.165) is 30.3 Å². The van der Waals surface area contributed by atoms with E-state index in [-0.39, 0.29) is 12.5 Å². The summed E-state index contributed by atoms with van der Waals surface area (Å²) in [5.41, 5.74) is 5.39. The SMILES string of the molecule is Cc1ccc(Cn2c(C3CCNCC3)cc(C(F)(F)F)c(N)c2=O)cc1. The Morgan fingerprint density at radius 3 is 2.38 bits per heavy atom. The molecule has 7 heteroatoms. The van der Waals surface area contributed by atoms with Crippen LogP contribution in [0.2, 0.25) is 0 Å². The number of nitrogens with two attached hydrogens (primary N) is 1. The third kappa shape index (κ3) is 3.77. The van der Waals surface area contributed by atoms with Crippen LogP contribution in [0.5, 0.6) is 0 Å². The van der Waals surface area contributed by atoms with Gasteiger partial charge in [-0.1, -0.05) is 29.8 Å². The fourth-order valence-electron chi connectivity index (χ4n) is 3.41. The van der Waals surface area contributed by atoms with Gasteiger partial charge in [0.2, 0.25) is 0 Å². The molecule has 0 bridgehead atoms. The minimum absolute atomic E-state index is 0.101. The highest BCUT2D eigenvalue weighted by Crippen LogP contribution is 2.35. The molecule has 1 fully saturated rings. The predicted molar refractivity (Wildman–Crippen MR) is 95.2 cm³/mol. The average molecular weight is 365 g/mol. The molecule has 1 saturated heterocycles. The number of aromatic nitrogens is 1. The van der Waals surface area contributed by atoms with Crippen molar-refractivity contribution in [3.63, 3.8) is 0 Å². The van der Waals surface area contributed by atoms with Gasteiger partial charge in [-0.15, -0.1) is 0 Å². The van der Waals surface area contributed by atoms with E-state index < -0.39 is 23.0 Å². The van der Waals surface area contributed by atoms with E-state index in [9.17, 15) is 18.0 Å². The molecular formula is C19H22F3N3O. The van der Waals surface area contributed by atoms with Gasteiger partial charge in [-0.05, 0) is 44.5 Å². The predicted octanol–water partition coefficient (Wildman–Crippen LogP) is 3.27. The van der Waals surface area contributed by atoms with Crippen molar-refractivity contribution in [2.75, 3.05) is 18.8 Å². The summed E-state index contributed by atoms with van der Waals surface area (Å²) >= 11 is 0. The first-order valence-electron chi connectivity index (χ1n) is 8.64. The van der Waals surface area contributed by atoms with Crippen LogP contribution in [0.25, 0.3) is 0 Å². The molecule has 140 valence electrons. The molecule has 26 heavy (non-hydrogen) atoms. The summed E-state index contributed by atoms with van der Waals surface area (Å²) in [4.78, 5) is 12.7. The van der Waals surface area contributed by atoms with Crippen LogP contribution >= 0.6 is 0 Å². The number of nitrogens with one attached hydrogen (secondary N) is 1. The van der Waals surface area contributed by atoms with Crippen LogP contribution in [0.1, 0.15) is 41.1 Å². The molecular weight excluding hydrogens is 343 g/mol. The van der Waals surface area contributed by atoms with Crippen LogP contribution in [0, 0.1) is 6.92 Å². The second-order valence-electron chi connectivity index (χ2n) is 6.80. The van der Waals surface area contributed by atoms with Gasteiger partial charge >= 0.3 is 6.18 Å². The molecule has 0 unspecified atom stereocenters. The molecule has 1 aromatic carbocycles. The number of benzene rings is 1. The lowest BCUT2D eigenvalue weighted by atomic mass is 9.92. The molecule has 0 saturated carbocycles. The molecule has 1 aliphatic heterocycles. The Morgan fingerprint density at radius 2 is 1.81 bits per heavy atom. The molecule has 0 amide bonds. The quantitative estimate of drug-likeness (QED) is 0.878. The summed E-state index contributed by atoms with van der Waals surface area (Å²) in [5.74, 6) is -0.101. The first-order chi connectivity index (χ1) is 12.3. The topological polar surface area (TPSA) is 60.1 Å². The Kier molecular flexibility index (Phi) is 5.09. The first-order valence-corrected chi connectivity index (χ1v) is 8.64. The van der Waals surface area contributed by atoms with Crippen LogP contribution in [-0.2, 0) is 12.7 Å². The van der Waals surface area contributed by atoms with Crippen molar-refractivity contribution in [2.45, 2.75) is 38.4 Å². The zero-order valence-corrected chi connectivity index (χ0v) is 14.6. The highest BCUT2D eigenvalue weighted by Gasteiger charge is 2.36. The highest BCUT2D eigenvalue weighted by molar-refractivity contribution is 5.48. The maximum absolute atomic E-state index is 13.3. The molecule has 2 heterocycles. The molecule has 0 aliphatic carbocycles. The number of hydrogen-bond donors (Lipinski definition) is 2. The fourth-order valence-corrected chi connectivity index (χ4v) is 3.41. The van der Waals surface area contributed by atoms with E-state index in [1.807, 2.05) is 31.2 Å². The standard InChI is InChI=1S/C19H22F3N3O/c1-12-2-4-13(5-3-12)11-25-16(14-6-8-24-9-7-14)10-15(19(20,21)22)17(23)18(25)26/h2-5,10,14,24H,6-9,11,23H2,1H3. The molecule has 0 atom stereocenters. The van der Waals surface area contributed by atoms with Crippen molar-refractivity contribution in [2.24, 2.45) is 0 Å². The number of pyridine rings is 1. The van der Waals surface area contributed by atoms with E-state index in [2.05, 4.69) is 5.32 Å². The second-order valence-corrected chi connectivity index (χ2v) is 6.80. The molecule has 3 rings (SSSR count). The van der Waals surface area contributed by atoms with Crippen molar-refractivity contribution in [3.8, 4) is 0 Å². The summed E-state index contributed by atoms with van der Waals surface area (Å²) in [6.07, 6.45) is -3.27. The van der Waals surface area contributed by atoms with Crippen LogP contribution in [0.4, 0.5) is 18.9 Å². The molecule has 4 nitrogen and oxygen atoms in total. The Morgan fingerprint density at radius 1 is 1.19 bits per heavy atom. The minimum atomic E-state index is -4.64. The van der Waals surface area contributed by atoms with Gasteiger partial charge in [0.25, 0.3) is 5.56 Å². The number of alkyl halides is 3. The van der Waals surface area contributed by atoms with Gasteiger partial charge in [0.1, 0.15) is 5.69 Å². The maximum Gasteiger partial charge on any atom is 0.418 e. The second kappa shape index (κ2) is 7.15. The zero-order valence-electron chi connectivity index (χ0n) is 14.6. The number of anilines is 1. The number of nitrogen functional groups attached to an aromatic ring is 1. The summed E-state index contributed by atoms with van der Waals surface area (Å²) in [6, 6.07) is 8.65. The number of rotatable bonds is 3. The Hall–Kier alpha value is -2.28. The van der Waals surface area contributed by atoms with E-state index in [4.69, 9.17) is 5.73 Å². The van der Waals surface area contributed by atoms with Gasteiger partial charge in [0, 0.05) is 11.6 Å². The van der Waals surface area contributed by atoms with Crippen LogP contribution in [-0.4, -0.2) is 17.7 Å².